The highest BCUT2D eigenvalue weighted by Crippen LogP contribution is 2.10. The molecule has 3 nitrogen and oxygen atoms in total. The Labute approximate surface area is 88.9 Å². The van der Waals surface area contributed by atoms with Crippen LogP contribution in [0.3, 0.4) is 0 Å². The van der Waals surface area contributed by atoms with Crippen molar-refractivity contribution in [1.82, 2.24) is 15.6 Å². The van der Waals surface area contributed by atoms with Crippen molar-refractivity contribution in [2.24, 2.45) is 5.92 Å². The first-order valence-corrected chi connectivity index (χ1v) is 6.12. The van der Waals surface area contributed by atoms with Crippen LogP contribution in [0.4, 0.5) is 0 Å². The summed E-state index contributed by atoms with van der Waals surface area (Å²) in [5.41, 5.74) is 1.89. The Morgan fingerprint density at radius 2 is 2.36 bits per heavy atom. The summed E-state index contributed by atoms with van der Waals surface area (Å²) in [5.74, 6) is 0.865. The fraction of sp³-hybridized carbons (Fsp3) is 0.700. The highest BCUT2D eigenvalue weighted by Gasteiger charge is 2.11. The van der Waals surface area contributed by atoms with Crippen LogP contribution < -0.4 is 10.6 Å². The molecule has 1 saturated heterocycles. The van der Waals surface area contributed by atoms with Gasteiger partial charge in [0.15, 0.2) is 0 Å². The van der Waals surface area contributed by atoms with E-state index in [2.05, 4.69) is 15.6 Å². The predicted molar refractivity (Wildman–Crippen MR) is 59.4 cm³/mol. The molecule has 2 heterocycles. The second-order valence-corrected chi connectivity index (χ2v) is 4.76. The normalized spacial score (nSPS) is 18.6. The predicted octanol–water partition coefficient (Wildman–Crippen LogP) is 1.23. The fourth-order valence-corrected chi connectivity index (χ4v) is 2.38. The Balaban J connectivity index is 1.62. The molecule has 1 aromatic rings. The molecule has 0 radical (unpaired) electrons. The van der Waals surface area contributed by atoms with Gasteiger partial charge < -0.3 is 10.6 Å². The third-order valence-electron chi connectivity index (χ3n) is 2.67. The molecule has 0 saturated carbocycles. The summed E-state index contributed by atoms with van der Waals surface area (Å²) in [6.45, 7) is 4.51. The lowest BCUT2D eigenvalue weighted by Gasteiger charge is -2.22. The van der Waals surface area contributed by atoms with Crippen molar-refractivity contribution in [3.05, 3.63) is 16.6 Å². The number of hydrogen-bond acceptors (Lipinski definition) is 4. The van der Waals surface area contributed by atoms with Gasteiger partial charge in [0.2, 0.25) is 0 Å². The second kappa shape index (κ2) is 5.44. The van der Waals surface area contributed by atoms with Crippen molar-refractivity contribution >= 4 is 11.3 Å². The molecule has 2 N–H and O–H groups in total. The van der Waals surface area contributed by atoms with E-state index in [9.17, 15) is 0 Å². The van der Waals surface area contributed by atoms with E-state index in [1.807, 2.05) is 11.7 Å². The van der Waals surface area contributed by atoms with E-state index in [0.29, 0.717) is 0 Å². The van der Waals surface area contributed by atoms with Gasteiger partial charge in [-0.3, -0.25) is 4.98 Å². The lowest BCUT2D eigenvalue weighted by Crippen LogP contribution is -2.33. The topological polar surface area (TPSA) is 37.0 Å². The molecule has 0 spiro atoms. The van der Waals surface area contributed by atoms with Gasteiger partial charge in [-0.25, -0.2) is 0 Å². The third-order valence-corrected chi connectivity index (χ3v) is 3.45. The molecule has 0 unspecified atom stereocenters. The van der Waals surface area contributed by atoms with E-state index in [1.165, 1.54) is 30.8 Å². The first-order valence-electron chi connectivity index (χ1n) is 5.24. The van der Waals surface area contributed by atoms with Gasteiger partial charge in [0.1, 0.15) is 0 Å². The molecule has 0 atom stereocenters. The van der Waals surface area contributed by atoms with Crippen molar-refractivity contribution in [3.63, 3.8) is 0 Å². The number of nitrogens with one attached hydrogen (secondary N) is 2. The summed E-state index contributed by atoms with van der Waals surface area (Å²) in [4.78, 5) is 5.39. The van der Waals surface area contributed by atoms with E-state index < -0.39 is 0 Å². The molecule has 1 fully saturated rings. The second-order valence-electron chi connectivity index (χ2n) is 3.79. The first-order chi connectivity index (χ1) is 6.95. The molecule has 1 aliphatic rings. The van der Waals surface area contributed by atoms with Gasteiger partial charge in [0.05, 0.1) is 5.51 Å². The van der Waals surface area contributed by atoms with E-state index in [-0.39, 0.29) is 0 Å². The average Bonchev–Trinajstić information content (AvgIpc) is 2.72. The monoisotopic (exact) mass is 211 g/mol. The number of thiazole rings is 1. The van der Waals surface area contributed by atoms with Crippen LogP contribution >= 0.6 is 11.3 Å². The molecule has 14 heavy (non-hydrogen) atoms. The summed E-state index contributed by atoms with van der Waals surface area (Å²) in [5, 5.41) is 6.88. The van der Waals surface area contributed by atoms with Gasteiger partial charge in [-0.15, -0.1) is 11.3 Å². The summed E-state index contributed by atoms with van der Waals surface area (Å²) >= 11 is 1.72. The van der Waals surface area contributed by atoms with Crippen molar-refractivity contribution in [2.75, 3.05) is 19.6 Å². The maximum atomic E-state index is 4.06. The van der Waals surface area contributed by atoms with Gasteiger partial charge >= 0.3 is 0 Å². The summed E-state index contributed by atoms with van der Waals surface area (Å²) in [6, 6.07) is 0. The SMILES string of the molecule is c1ncc(CNCC2CCNCC2)s1. The molecule has 0 aromatic carbocycles. The van der Waals surface area contributed by atoms with Crippen molar-refractivity contribution in [3.8, 4) is 0 Å². The van der Waals surface area contributed by atoms with Crippen LogP contribution in [0.15, 0.2) is 11.7 Å². The Kier molecular flexibility index (Phi) is 3.91. The number of piperidine rings is 1. The standard InChI is InChI=1S/C10H17N3S/c1-3-11-4-2-9(1)5-12-6-10-7-13-8-14-10/h7-9,11-12H,1-6H2. The van der Waals surface area contributed by atoms with Crippen molar-refractivity contribution in [1.29, 1.82) is 0 Å². The molecular formula is C10H17N3S. The molecule has 0 aliphatic carbocycles. The minimum absolute atomic E-state index is 0.865. The smallest absolute Gasteiger partial charge is 0.0794 e. The molecule has 0 bridgehead atoms. The van der Waals surface area contributed by atoms with E-state index in [4.69, 9.17) is 0 Å². The Hall–Kier alpha value is -0.450. The quantitative estimate of drug-likeness (QED) is 0.786. The molecule has 2 rings (SSSR count). The van der Waals surface area contributed by atoms with Crippen LogP contribution in [-0.2, 0) is 6.54 Å². The Morgan fingerprint density at radius 3 is 3.07 bits per heavy atom. The zero-order valence-corrected chi connectivity index (χ0v) is 9.15. The van der Waals surface area contributed by atoms with Crippen molar-refractivity contribution < 1.29 is 0 Å². The van der Waals surface area contributed by atoms with Crippen LogP contribution in [0.5, 0.6) is 0 Å². The maximum absolute atomic E-state index is 4.06. The highest BCUT2D eigenvalue weighted by atomic mass is 32.1. The highest BCUT2D eigenvalue weighted by molar-refractivity contribution is 7.09. The molecule has 78 valence electrons. The average molecular weight is 211 g/mol. The minimum Gasteiger partial charge on any atom is -0.317 e. The zero-order chi connectivity index (χ0) is 9.64. The maximum Gasteiger partial charge on any atom is 0.0794 e. The fourth-order valence-electron chi connectivity index (χ4n) is 1.81. The zero-order valence-electron chi connectivity index (χ0n) is 8.33. The molecule has 1 aromatic heterocycles. The summed E-state index contributed by atoms with van der Waals surface area (Å²) < 4.78 is 0. The number of hydrogen-bond donors (Lipinski definition) is 2. The molecular weight excluding hydrogens is 194 g/mol. The molecule has 4 heteroatoms. The lowest BCUT2D eigenvalue weighted by molar-refractivity contribution is 0.357. The van der Waals surface area contributed by atoms with Gasteiger partial charge in [-0.05, 0) is 38.4 Å². The van der Waals surface area contributed by atoms with E-state index in [0.717, 1.165) is 19.0 Å². The van der Waals surface area contributed by atoms with Crippen LogP contribution in [0, 0.1) is 5.92 Å². The van der Waals surface area contributed by atoms with Gasteiger partial charge in [0.25, 0.3) is 0 Å². The number of aromatic nitrogens is 1. The van der Waals surface area contributed by atoms with E-state index >= 15 is 0 Å². The van der Waals surface area contributed by atoms with Crippen molar-refractivity contribution in [2.45, 2.75) is 19.4 Å². The largest absolute Gasteiger partial charge is 0.317 e. The Morgan fingerprint density at radius 1 is 1.50 bits per heavy atom. The van der Waals surface area contributed by atoms with Gasteiger partial charge in [-0.2, -0.15) is 0 Å². The molecule has 1 aliphatic heterocycles. The van der Waals surface area contributed by atoms with E-state index in [1.54, 1.807) is 11.3 Å². The Bertz CT molecular complexity index is 242. The first kappa shape index (κ1) is 10.1. The summed E-state index contributed by atoms with van der Waals surface area (Å²) in [7, 11) is 0. The van der Waals surface area contributed by atoms with Crippen LogP contribution in [-0.4, -0.2) is 24.6 Å². The lowest BCUT2D eigenvalue weighted by atomic mass is 9.98. The van der Waals surface area contributed by atoms with Crippen LogP contribution in [0.1, 0.15) is 17.7 Å². The number of nitrogens with zero attached hydrogens (tertiary/aromatic N) is 1. The van der Waals surface area contributed by atoms with Gasteiger partial charge in [0, 0.05) is 17.6 Å². The number of rotatable bonds is 4. The van der Waals surface area contributed by atoms with Gasteiger partial charge in [-0.1, -0.05) is 0 Å². The van der Waals surface area contributed by atoms with Crippen LogP contribution in [0.2, 0.25) is 0 Å². The third kappa shape index (κ3) is 3.04. The van der Waals surface area contributed by atoms with Crippen LogP contribution in [0.25, 0.3) is 0 Å². The molecule has 0 amide bonds. The minimum atomic E-state index is 0.865. The summed E-state index contributed by atoms with van der Waals surface area (Å²) in [6.07, 6.45) is 4.57.